The summed E-state index contributed by atoms with van der Waals surface area (Å²) in [6, 6.07) is 10.5. The molecule has 0 fully saturated rings. The molecule has 0 unspecified atom stereocenters. The Morgan fingerprint density at radius 2 is 1.68 bits per heavy atom. The highest BCUT2D eigenvalue weighted by Gasteiger charge is 2.34. The van der Waals surface area contributed by atoms with Gasteiger partial charge >= 0.3 is 12.2 Å². The van der Waals surface area contributed by atoms with Gasteiger partial charge in [0.15, 0.2) is 0 Å². The van der Waals surface area contributed by atoms with E-state index in [1.165, 1.54) is 16.8 Å². The molecule has 12 heteroatoms. The summed E-state index contributed by atoms with van der Waals surface area (Å²) < 4.78 is 41.6. The van der Waals surface area contributed by atoms with Gasteiger partial charge in [0.2, 0.25) is 5.91 Å². The van der Waals surface area contributed by atoms with E-state index in [0.29, 0.717) is 33.7 Å². The van der Waals surface area contributed by atoms with Crippen LogP contribution in [0.3, 0.4) is 0 Å². The van der Waals surface area contributed by atoms with Crippen molar-refractivity contribution >= 4 is 46.6 Å². The number of anilines is 2. The number of hydrogen-bond acceptors (Lipinski definition) is 3. The zero-order valence-corrected chi connectivity index (χ0v) is 22.8. The highest BCUT2D eigenvalue weighted by atomic mass is 35.5. The van der Waals surface area contributed by atoms with Crippen molar-refractivity contribution in [3.63, 3.8) is 0 Å². The van der Waals surface area contributed by atoms with Crippen LogP contribution in [-0.4, -0.2) is 39.7 Å². The first kappa shape index (κ1) is 29.3. The first-order chi connectivity index (χ1) is 17.7. The molecule has 0 radical (unpaired) electrons. The van der Waals surface area contributed by atoms with Crippen molar-refractivity contribution in [3.05, 3.63) is 69.8 Å². The second-order valence-electron chi connectivity index (χ2n) is 9.62. The second kappa shape index (κ2) is 11.7. The number of carbonyl (C=O) groups excluding carboxylic acids is 2. The highest BCUT2D eigenvalue weighted by molar-refractivity contribution is 6.42. The topological polar surface area (TPSA) is 79.3 Å². The number of nitrogens with one attached hydrogen (secondary N) is 2. The summed E-state index contributed by atoms with van der Waals surface area (Å²) in [5, 5.41) is 10.3. The number of amides is 3. The molecular formula is C26H28Cl2F3N5O2. The van der Waals surface area contributed by atoms with Gasteiger partial charge in [-0.05, 0) is 36.8 Å². The van der Waals surface area contributed by atoms with Crippen LogP contribution in [0.25, 0.3) is 5.69 Å². The monoisotopic (exact) mass is 569 g/mol. The van der Waals surface area contributed by atoms with Gasteiger partial charge in [-0.1, -0.05) is 63.0 Å². The van der Waals surface area contributed by atoms with E-state index in [0.717, 1.165) is 17.0 Å². The van der Waals surface area contributed by atoms with Gasteiger partial charge in [0.25, 0.3) is 0 Å². The molecule has 0 aliphatic heterocycles. The van der Waals surface area contributed by atoms with E-state index < -0.39 is 30.2 Å². The lowest BCUT2D eigenvalue weighted by atomic mass is 9.92. The summed E-state index contributed by atoms with van der Waals surface area (Å²) in [4.78, 5) is 27.1. The minimum absolute atomic E-state index is 0.146. The molecule has 0 spiro atoms. The minimum atomic E-state index is -4.65. The number of halogens is 5. The van der Waals surface area contributed by atoms with Crippen molar-refractivity contribution in [2.75, 3.05) is 23.7 Å². The molecule has 0 aliphatic rings. The lowest BCUT2D eigenvalue weighted by Gasteiger charge is -2.23. The molecule has 2 N–H and O–H groups in total. The molecule has 3 rings (SSSR count). The van der Waals surface area contributed by atoms with Crippen LogP contribution in [0.5, 0.6) is 0 Å². The lowest BCUT2D eigenvalue weighted by molar-refractivity contribution is -0.137. The molecule has 3 aromatic rings. The molecule has 0 atom stereocenters. The third-order valence-electron chi connectivity index (χ3n) is 5.48. The van der Waals surface area contributed by atoms with Gasteiger partial charge in [0.1, 0.15) is 12.4 Å². The van der Waals surface area contributed by atoms with Crippen LogP contribution in [0, 0.1) is 0 Å². The number of benzene rings is 2. The number of rotatable bonds is 7. The predicted octanol–water partition coefficient (Wildman–Crippen LogP) is 7.38. The zero-order valence-electron chi connectivity index (χ0n) is 21.3. The second-order valence-corrected chi connectivity index (χ2v) is 10.4. The molecular weight excluding hydrogens is 542 g/mol. The van der Waals surface area contributed by atoms with E-state index in [-0.39, 0.29) is 17.6 Å². The van der Waals surface area contributed by atoms with Crippen LogP contribution in [0.4, 0.5) is 29.5 Å². The molecule has 3 amide bonds. The van der Waals surface area contributed by atoms with Crippen molar-refractivity contribution in [1.29, 1.82) is 0 Å². The number of para-hydroxylation sites is 1. The minimum Gasteiger partial charge on any atom is -0.315 e. The SMILES string of the molecule is CCCN(CC(=O)Nc1cc(C(C)(C)C)nn1-c1ccc(Cl)c(Cl)c1)C(=O)Nc1ccccc1C(F)(F)F. The third-order valence-corrected chi connectivity index (χ3v) is 6.22. The molecule has 1 heterocycles. The Balaban J connectivity index is 1.84. The predicted molar refractivity (Wildman–Crippen MR) is 143 cm³/mol. The smallest absolute Gasteiger partial charge is 0.315 e. The maximum Gasteiger partial charge on any atom is 0.418 e. The summed E-state index contributed by atoms with van der Waals surface area (Å²) in [7, 11) is 0. The molecule has 0 saturated heterocycles. The third kappa shape index (κ3) is 7.20. The van der Waals surface area contributed by atoms with Gasteiger partial charge < -0.3 is 15.5 Å². The van der Waals surface area contributed by atoms with Crippen LogP contribution in [0.1, 0.15) is 45.4 Å². The maximum absolute atomic E-state index is 13.4. The molecule has 1 aromatic heterocycles. The largest absolute Gasteiger partial charge is 0.418 e. The van der Waals surface area contributed by atoms with Crippen molar-refractivity contribution in [3.8, 4) is 5.69 Å². The summed E-state index contributed by atoms with van der Waals surface area (Å²) in [6.07, 6.45) is -4.17. The lowest BCUT2D eigenvalue weighted by Crippen LogP contribution is -2.41. The highest BCUT2D eigenvalue weighted by Crippen LogP contribution is 2.35. The Bertz CT molecular complexity index is 1320. The Morgan fingerprint density at radius 1 is 1.00 bits per heavy atom. The summed E-state index contributed by atoms with van der Waals surface area (Å²) in [5.74, 6) is -0.225. The van der Waals surface area contributed by atoms with Gasteiger partial charge in [-0.25, -0.2) is 9.48 Å². The van der Waals surface area contributed by atoms with E-state index in [1.807, 2.05) is 20.8 Å². The van der Waals surface area contributed by atoms with E-state index in [2.05, 4.69) is 15.7 Å². The van der Waals surface area contributed by atoms with Crippen molar-refractivity contribution < 1.29 is 22.8 Å². The van der Waals surface area contributed by atoms with Gasteiger partial charge in [0.05, 0.1) is 32.7 Å². The Kier molecular flexibility index (Phi) is 8.99. The standard InChI is InChI=1S/C26H28Cl2F3N5O2/c1-5-12-35(24(38)32-20-9-7-6-8-17(20)26(29,30)31)15-23(37)33-22-14-21(25(2,3)4)34-36(22)16-10-11-18(27)19(28)13-16/h6-11,13-14H,5,12,15H2,1-4H3,(H,32,38)(H,33,37). The van der Waals surface area contributed by atoms with Crippen LogP contribution in [0.2, 0.25) is 10.0 Å². The summed E-state index contributed by atoms with van der Waals surface area (Å²) in [5.41, 5.74) is -0.475. The summed E-state index contributed by atoms with van der Waals surface area (Å²) in [6.45, 7) is 7.43. The van der Waals surface area contributed by atoms with E-state index >= 15 is 0 Å². The Morgan fingerprint density at radius 3 is 2.29 bits per heavy atom. The van der Waals surface area contributed by atoms with Crippen LogP contribution >= 0.6 is 23.2 Å². The normalized spacial score (nSPS) is 11.8. The molecule has 2 aromatic carbocycles. The average Bonchev–Trinajstić information content (AvgIpc) is 3.24. The fraction of sp³-hybridized carbons (Fsp3) is 0.346. The average molecular weight is 570 g/mol. The molecule has 0 saturated carbocycles. The van der Waals surface area contributed by atoms with Crippen LogP contribution in [0.15, 0.2) is 48.5 Å². The van der Waals surface area contributed by atoms with E-state index in [9.17, 15) is 22.8 Å². The first-order valence-electron chi connectivity index (χ1n) is 11.8. The molecule has 0 bridgehead atoms. The number of nitrogens with zero attached hydrogens (tertiary/aromatic N) is 3. The quantitative estimate of drug-likeness (QED) is 0.311. The number of carbonyl (C=O) groups is 2. The number of hydrogen-bond donors (Lipinski definition) is 2. The molecule has 0 aliphatic carbocycles. The first-order valence-corrected chi connectivity index (χ1v) is 12.5. The maximum atomic E-state index is 13.4. The van der Waals surface area contributed by atoms with Crippen molar-refractivity contribution in [1.82, 2.24) is 14.7 Å². The van der Waals surface area contributed by atoms with Crippen molar-refractivity contribution in [2.45, 2.75) is 45.7 Å². The van der Waals surface area contributed by atoms with E-state index in [1.54, 1.807) is 31.2 Å². The fourth-order valence-corrected chi connectivity index (χ4v) is 3.85. The number of urea groups is 1. The van der Waals surface area contributed by atoms with Crippen molar-refractivity contribution in [2.24, 2.45) is 0 Å². The number of aromatic nitrogens is 2. The molecule has 7 nitrogen and oxygen atoms in total. The van der Waals surface area contributed by atoms with Crippen LogP contribution < -0.4 is 10.6 Å². The Labute approximate surface area is 228 Å². The molecule has 204 valence electrons. The van der Waals surface area contributed by atoms with Crippen LogP contribution in [-0.2, 0) is 16.4 Å². The molecule has 38 heavy (non-hydrogen) atoms. The van der Waals surface area contributed by atoms with Gasteiger partial charge in [-0.2, -0.15) is 18.3 Å². The van der Waals surface area contributed by atoms with Gasteiger partial charge in [0, 0.05) is 18.0 Å². The zero-order chi connectivity index (χ0) is 28.3. The fourth-order valence-electron chi connectivity index (χ4n) is 3.56. The van der Waals surface area contributed by atoms with Gasteiger partial charge in [-0.3, -0.25) is 4.79 Å². The van der Waals surface area contributed by atoms with Gasteiger partial charge in [-0.15, -0.1) is 0 Å². The Hall–Kier alpha value is -3.24. The van der Waals surface area contributed by atoms with E-state index in [4.69, 9.17) is 23.2 Å². The summed E-state index contributed by atoms with van der Waals surface area (Å²) >= 11 is 12.2. The number of alkyl halides is 3.